The molecule has 0 spiro atoms. The van der Waals surface area contributed by atoms with E-state index >= 15 is 0 Å². The monoisotopic (exact) mass is 383 g/mol. The van der Waals surface area contributed by atoms with Crippen molar-refractivity contribution in [2.75, 3.05) is 11.9 Å². The molecule has 3 N–H and O–H groups in total. The van der Waals surface area contributed by atoms with E-state index in [1.165, 1.54) is 0 Å². The number of benzene rings is 1. The first-order valence-electron chi connectivity index (χ1n) is 9.14. The molecule has 0 saturated heterocycles. The van der Waals surface area contributed by atoms with Crippen molar-refractivity contribution in [2.24, 2.45) is 25.7 Å². The minimum absolute atomic E-state index is 0.0531. The molecule has 148 valence electrons. The Hall–Kier alpha value is -3.29. The Morgan fingerprint density at radius 1 is 1.29 bits per heavy atom. The van der Waals surface area contributed by atoms with Crippen LogP contribution in [0.4, 0.5) is 5.69 Å². The number of nitrogens with one attached hydrogen (secondary N) is 1. The molecule has 2 aromatic heterocycles. The fourth-order valence-electron chi connectivity index (χ4n) is 3.11. The number of nitrogens with two attached hydrogens (primary N) is 1. The summed E-state index contributed by atoms with van der Waals surface area (Å²) in [6.07, 6.45) is 1.65. The summed E-state index contributed by atoms with van der Waals surface area (Å²) < 4.78 is 9.43. The Bertz CT molecular complexity index is 1060. The van der Waals surface area contributed by atoms with Gasteiger partial charge in [0.05, 0.1) is 23.2 Å². The third kappa shape index (κ3) is 3.33. The number of hydrogen-bond acceptors (Lipinski definition) is 4. The van der Waals surface area contributed by atoms with Crippen LogP contribution in [0.2, 0.25) is 0 Å². The summed E-state index contributed by atoms with van der Waals surface area (Å²) in [5.74, 6) is 0.342. The van der Waals surface area contributed by atoms with E-state index in [-0.39, 0.29) is 11.8 Å². The van der Waals surface area contributed by atoms with E-state index in [1.54, 1.807) is 10.8 Å². The molecule has 0 aliphatic rings. The molecule has 2 amide bonds. The van der Waals surface area contributed by atoms with Crippen LogP contribution in [0.3, 0.4) is 0 Å². The van der Waals surface area contributed by atoms with Crippen molar-refractivity contribution in [3.05, 3.63) is 30.0 Å². The Balaban J connectivity index is 2.13. The highest BCUT2D eigenvalue weighted by atomic mass is 16.5. The molecule has 0 saturated carbocycles. The van der Waals surface area contributed by atoms with Gasteiger partial charge >= 0.3 is 0 Å². The lowest BCUT2D eigenvalue weighted by Gasteiger charge is -2.09. The van der Waals surface area contributed by atoms with Gasteiger partial charge in [-0.1, -0.05) is 13.8 Å². The van der Waals surface area contributed by atoms with Gasteiger partial charge in [-0.2, -0.15) is 0 Å². The van der Waals surface area contributed by atoms with E-state index in [0.717, 1.165) is 11.0 Å². The third-order valence-electron chi connectivity index (χ3n) is 4.57. The quantitative estimate of drug-likeness (QED) is 0.683. The van der Waals surface area contributed by atoms with Crippen molar-refractivity contribution < 1.29 is 14.3 Å². The van der Waals surface area contributed by atoms with Crippen LogP contribution in [0.1, 0.15) is 31.1 Å². The van der Waals surface area contributed by atoms with E-state index < -0.39 is 5.91 Å². The topological polar surface area (TPSA) is 104 Å². The molecule has 0 bridgehead atoms. The number of nitrogens with zero attached hydrogens (tertiary/aromatic N) is 3. The normalized spacial score (nSPS) is 11.2. The number of carbonyl (C=O) groups is 2. The second-order valence-electron chi connectivity index (χ2n) is 6.97. The summed E-state index contributed by atoms with van der Waals surface area (Å²) in [6, 6.07) is 5.58. The average molecular weight is 383 g/mol. The fraction of sp³-hybridized carbons (Fsp3) is 0.350. The van der Waals surface area contributed by atoms with Crippen molar-refractivity contribution in [3.63, 3.8) is 0 Å². The molecule has 0 radical (unpaired) electrons. The molecule has 8 heteroatoms. The van der Waals surface area contributed by atoms with Gasteiger partial charge in [-0.25, -0.2) is 4.98 Å². The highest BCUT2D eigenvalue weighted by molar-refractivity contribution is 5.99. The minimum Gasteiger partial charge on any atom is -0.491 e. The Labute approximate surface area is 163 Å². The smallest absolute Gasteiger partial charge is 0.254 e. The van der Waals surface area contributed by atoms with Crippen molar-refractivity contribution in [1.29, 1.82) is 0 Å². The Kier molecular flexibility index (Phi) is 5.13. The molecule has 3 aromatic rings. The number of fused-ring (bicyclic) bond motifs is 1. The fourth-order valence-corrected chi connectivity index (χ4v) is 3.11. The van der Waals surface area contributed by atoms with Gasteiger partial charge in [0.25, 0.3) is 5.91 Å². The van der Waals surface area contributed by atoms with Gasteiger partial charge in [0, 0.05) is 31.9 Å². The highest BCUT2D eigenvalue weighted by Crippen LogP contribution is 2.36. The van der Waals surface area contributed by atoms with Crippen LogP contribution in [-0.2, 0) is 18.9 Å². The van der Waals surface area contributed by atoms with Crippen molar-refractivity contribution in [3.8, 4) is 17.3 Å². The molecule has 0 fully saturated rings. The average Bonchev–Trinajstić information content (AvgIpc) is 3.12. The molecule has 0 aliphatic carbocycles. The number of aromatic nitrogens is 3. The predicted octanol–water partition coefficient (Wildman–Crippen LogP) is 2.67. The van der Waals surface area contributed by atoms with Crippen molar-refractivity contribution in [1.82, 2.24) is 14.1 Å². The summed E-state index contributed by atoms with van der Waals surface area (Å²) in [6.45, 7) is 5.92. The van der Waals surface area contributed by atoms with Crippen LogP contribution >= 0.6 is 0 Å². The van der Waals surface area contributed by atoms with Gasteiger partial charge < -0.3 is 24.9 Å². The molecule has 1 aromatic carbocycles. The molecule has 3 rings (SSSR count). The number of aryl methyl sites for hydroxylation is 2. The summed E-state index contributed by atoms with van der Waals surface area (Å²) in [7, 11) is 3.71. The molecule has 0 unspecified atom stereocenters. The summed E-state index contributed by atoms with van der Waals surface area (Å²) in [5, 5.41) is 2.88. The number of ether oxygens (including phenoxy) is 1. The van der Waals surface area contributed by atoms with Crippen molar-refractivity contribution in [2.45, 2.75) is 20.8 Å². The number of rotatable bonds is 6. The van der Waals surface area contributed by atoms with Crippen LogP contribution in [-0.4, -0.2) is 32.5 Å². The van der Waals surface area contributed by atoms with Gasteiger partial charge in [-0.05, 0) is 25.1 Å². The molecular weight excluding hydrogens is 358 g/mol. The largest absolute Gasteiger partial charge is 0.491 e. The minimum atomic E-state index is -0.553. The Morgan fingerprint density at radius 3 is 2.61 bits per heavy atom. The Morgan fingerprint density at radius 2 is 2.00 bits per heavy atom. The van der Waals surface area contributed by atoms with Gasteiger partial charge in [-0.15, -0.1) is 0 Å². The zero-order valence-electron chi connectivity index (χ0n) is 16.7. The van der Waals surface area contributed by atoms with Crippen molar-refractivity contribution >= 4 is 28.5 Å². The number of anilines is 1. The predicted molar refractivity (Wildman–Crippen MR) is 108 cm³/mol. The van der Waals surface area contributed by atoms with E-state index in [0.29, 0.717) is 35.1 Å². The zero-order valence-corrected chi connectivity index (χ0v) is 16.7. The SMILES string of the molecule is CCOc1c(C(N)=O)cn(C)c1-c1nc2cc(NC(=O)C(C)C)ccc2n1C. The van der Waals surface area contributed by atoms with Crippen LogP contribution in [0, 0.1) is 5.92 Å². The summed E-state index contributed by atoms with van der Waals surface area (Å²) in [5.41, 5.74) is 8.80. The van der Waals surface area contributed by atoms with Crippen LogP contribution < -0.4 is 15.8 Å². The van der Waals surface area contributed by atoms with E-state index in [9.17, 15) is 9.59 Å². The number of amides is 2. The van der Waals surface area contributed by atoms with Gasteiger partial charge in [0.2, 0.25) is 5.91 Å². The standard InChI is InChI=1S/C20H25N5O3/c1-6-28-17-13(18(21)26)10-24(4)16(17)19-23-14-9-12(22-20(27)11(2)3)7-8-15(14)25(19)5/h7-11H,6H2,1-5H3,(H2,21,26)(H,22,27). The van der Waals surface area contributed by atoms with E-state index in [4.69, 9.17) is 15.5 Å². The first-order valence-corrected chi connectivity index (χ1v) is 9.14. The number of primary amides is 1. The lowest BCUT2D eigenvalue weighted by molar-refractivity contribution is -0.118. The molecule has 2 heterocycles. The van der Waals surface area contributed by atoms with E-state index in [2.05, 4.69) is 5.32 Å². The van der Waals surface area contributed by atoms with Gasteiger partial charge in [0.15, 0.2) is 11.6 Å². The maximum atomic E-state index is 12.0. The lowest BCUT2D eigenvalue weighted by atomic mass is 10.2. The number of imidazole rings is 1. The van der Waals surface area contributed by atoms with Gasteiger partial charge in [-0.3, -0.25) is 9.59 Å². The first kappa shape index (κ1) is 19.5. The van der Waals surface area contributed by atoms with E-state index in [1.807, 2.05) is 57.6 Å². The molecule has 28 heavy (non-hydrogen) atoms. The number of carbonyl (C=O) groups excluding carboxylic acids is 2. The second-order valence-corrected chi connectivity index (χ2v) is 6.97. The molecular formula is C20H25N5O3. The van der Waals surface area contributed by atoms with Crippen LogP contribution in [0.5, 0.6) is 5.75 Å². The highest BCUT2D eigenvalue weighted by Gasteiger charge is 2.24. The van der Waals surface area contributed by atoms with Crippen LogP contribution in [0.15, 0.2) is 24.4 Å². The third-order valence-corrected chi connectivity index (χ3v) is 4.57. The van der Waals surface area contributed by atoms with Gasteiger partial charge in [0.1, 0.15) is 5.69 Å². The maximum Gasteiger partial charge on any atom is 0.254 e. The zero-order chi connectivity index (χ0) is 20.6. The summed E-state index contributed by atoms with van der Waals surface area (Å²) >= 11 is 0. The van der Waals surface area contributed by atoms with Crippen LogP contribution in [0.25, 0.3) is 22.6 Å². The number of hydrogen-bond donors (Lipinski definition) is 2. The summed E-state index contributed by atoms with van der Waals surface area (Å²) in [4.78, 5) is 28.5. The molecule has 0 aliphatic heterocycles. The molecule has 0 atom stereocenters. The first-order chi connectivity index (χ1) is 13.2. The lowest BCUT2D eigenvalue weighted by Crippen LogP contribution is -2.17. The second kappa shape index (κ2) is 7.38. The molecule has 8 nitrogen and oxygen atoms in total. The maximum absolute atomic E-state index is 12.0.